The lowest BCUT2D eigenvalue weighted by Crippen LogP contribution is -1.99. The number of aromatic hydroxyl groups is 1. The van der Waals surface area contributed by atoms with E-state index in [4.69, 9.17) is 5.11 Å². The summed E-state index contributed by atoms with van der Waals surface area (Å²) >= 11 is -0.331. The molecule has 0 aliphatic heterocycles. The normalized spacial score (nSPS) is 11.4. The molecule has 0 unspecified atom stereocenters. The van der Waals surface area contributed by atoms with Crippen molar-refractivity contribution in [2.75, 3.05) is 0 Å². The van der Waals surface area contributed by atoms with Crippen molar-refractivity contribution in [3.05, 3.63) is 23.8 Å². The number of alkyl halides is 3. The summed E-state index contributed by atoms with van der Waals surface area (Å²) in [7, 11) is 0. The lowest BCUT2D eigenvalue weighted by molar-refractivity contribution is -0.0328. The minimum atomic E-state index is -4.39. The maximum absolute atomic E-state index is 11.9. The van der Waals surface area contributed by atoms with Crippen molar-refractivity contribution in [3.63, 3.8) is 0 Å². The SMILES string of the molecule is O=Cc1cc(SC(F)(F)F)ccc1O. The summed E-state index contributed by atoms with van der Waals surface area (Å²) < 4.78 is 35.7. The van der Waals surface area contributed by atoms with E-state index in [-0.39, 0.29) is 28.0 Å². The molecule has 0 amide bonds. The van der Waals surface area contributed by atoms with Crippen LogP contribution in [0.5, 0.6) is 5.75 Å². The van der Waals surface area contributed by atoms with Crippen molar-refractivity contribution in [1.29, 1.82) is 0 Å². The van der Waals surface area contributed by atoms with E-state index in [1.807, 2.05) is 0 Å². The van der Waals surface area contributed by atoms with Crippen LogP contribution < -0.4 is 0 Å². The van der Waals surface area contributed by atoms with Gasteiger partial charge in [-0.15, -0.1) is 0 Å². The molecule has 0 fully saturated rings. The van der Waals surface area contributed by atoms with E-state index in [1.165, 1.54) is 0 Å². The summed E-state index contributed by atoms with van der Waals surface area (Å²) in [4.78, 5) is 10.2. The molecule has 1 aromatic rings. The fourth-order valence-corrected chi connectivity index (χ4v) is 1.41. The van der Waals surface area contributed by atoms with Crippen LogP contribution in [0.1, 0.15) is 10.4 Å². The Hall–Kier alpha value is -1.17. The van der Waals surface area contributed by atoms with Crippen molar-refractivity contribution in [2.24, 2.45) is 0 Å². The fourth-order valence-electron chi connectivity index (χ4n) is 0.824. The van der Waals surface area contributed by atoms with Gasteiger partial charge in [0.1, 0.15) is 5.75 Å². The summed E-state index contributed by atoms with van der Waals surface area (Å²) in [6.07, 6.45) is 0.301. The smallest absolute Gasteiger partial charge is 0.446 e. The lowest BCUT2D eigenvalue weighted by Gasteiger charge is -2.06. The molecule has 76 valence electrons. The van der Waals surface area contributed by atoms with E-state index in [9.17, 15) is 18.0 Å². The maximum Gasteiger partial charge on any atom is 0.446 e. The number of halogens is 3. The number of hydrogen-bond donors (Lipinski definition) is 1. The molecule has 6 heteroatoms. The standard InChI is InChI=1S/C8H5F3O2S/c9-8(10,11)14-6-1-2-7(13)5(3-6)4-12/h1-4,13H. The number of rotatable bonds is 2. The quantitative estimate of drug-likeness (QED) is 0.617. The van der Waals surface area contributed by atoms with Gasteiger partial charge in [0.2, 0.25) is 0 Å². The van der Waals surface area contributed by atoms with E-state index in [2.05, 4.69) is 0 Å². The molecule has 1 aromatic carbocycles. The molecule has 0 aliphatic carbocycles. The molecule has 0 heterocycles. The Bertz CT molecular complexity index is 349. The van der Waals surface area contributed by atoms with Gasteiger partial charge < -0.3 is 5.11 Å². The minimum Gasteiger partial charge on any atom is -0.507 e. The van der Waals surface area contributed by atoms with E-state index >= 15 is 0 Å². The number of phenols is 1. The van der Waals surface area contributed by atoms with Crippen LogP contribution in [0.2, 0.25) is 0 Å². The Balaban J connectivity index is 2.95. The molecule has 1 rings (SSSR count). The molecule has 0 radical (unpaired) electrons. The first-order chi connectivity index (χ1) is 6.42. The third-order valence-corrected chi connectivity index (χ3v) is 2.08. The van der Waals surface area contributed by atoms with Crippen LogP contribution in [-0.4, -0.2) is 16.9 Å². The van der Waals surface area contributed by atoms with Crippen molar-refractivity contribution in [1.82, 2.24) is 0 Å². The highest BCUT2D eigenvalue weighted by molar-refractivity contribution is 8.00. The van der Waals surface area contributed by atoms with Gasteiger partial charge in [0, 0.05) is 4.90 Å². The van der Waals surface area contributed by atoms with Gasteiger partial charge in [-0.05, 0) is 30.0 Å². The lowest BCUT2D eigenvalue weighted by atomic mass is 10.2. The van der Waals surface area contributed by atoms with Gasteiger partial charge in [-0.1, -0.05) is 0 Å². The molecule has 0 bridgehead atoms. The van der Waals surface area contributed by atoms with Gasteiger partial charge in [-0.25, -0.2) is 0 Å². The zero-order valence-electron chi connectivity index (χ0n) is 6.71. The number of phenolic OH excluding ortho intramolecular Hbond substituents is 1. The number of carbonyl (C=O) groups is 1. The second kappa shape index (κ2) is 3.91. The molecular formula is C8H5F3O2S. The van der Waals surface area contributed by atoms with E-state index in [0.29, 0.717) is 6.29 Å². The third kappa shape index (κ3) is 2.95. The largest absolute Gasteiger partial charge is 0.507 e. The average Bonchev–Trinajstić information content (AvgIpc) is 2.06. The second-order valence-electron chi connectivity index (χ2n) is 2.39. The Labute approximate surface area is 81.7 Å². The van der Waals surface area contributed by atoms with Crippen molar-refractivity contribution < 1.29 is 23.1 Å². The summed E-state index contributed by atoms with van der Waals surface area (Å²) in [6, 6.07) is 3.14. The Morgan fingerprint density at radius 2 is 2.00 bits per heavy atom. The number of hydrogen-bond acceptors (Lipinski definition) is 3. The van der Waals surface area contributed by atoms with E-state index in [0.717, 1.165) is 18.2 Å². The Morgan fingerprint density at radius 3 is 2.50 bits per heavy atom. The van der Waals surface area contributed by atoms with Crippen LogP contribution in [-0.2, 0) is 0 Å². The van der Waals surface area contributed by atoms with Crippen LogP contribution in [0.15, 0.2) is 23.1 Å². The zero-order valence-corrected chi connectivity index (χ0v) is 7.52. The topological polar surface area (TPSA) is 37.3 Å². The highest BCUT2D eigenvalue weighted by Gasteiger charge is 2.29. The van der Waals surface area contributed by atoms with Crippen LogP contribution in [0.4, 0.5) is 13.2 Å². The first-order valence-electron chi connectivity index (χ1n) is 3.46. The van der Waals surface area contributed by atoms with Crippen LogP contribution in [0, 0.1) is 0 Å². The molecule has 0 saturated heterocycles. The van der Waals surface area contributed by atoms with Crippen molar-refractivity contribution in [2.45, 2.75) is 10.4 Å². The highest BCUT2D eigenvalue weighted by Crippen LogP contribution is 2.37. The molecule has 0 spiro atoms. The molecule has 1 N–H and O–H groups in total. The molecule has 0 aliphatic rings. The highest BCUT2D eigenvalue weighted by atomic mass is 32.2. The van der Waals surface area contributed by atoms with Crippen LogP contribution in [0.25, 0.3) is 0 Å². The molecule has 0 atom stereocenters. The van der Waals surface area contributed by atoms with Crippen LogP contribution in [0.3, 0.4) is 0 Å². The fraction of sp³-hybridized carbons (Fsp3) is 0.125. The number of carbonyl (C=O) groups excluding carboxylic acids is 1. The predicted molar refractivity (Wildman–Crippen MR) is 45.4 cm³/mol. The van der Waals surface area contributed by atoms with Crippen molar-refractivity contribution in [3.8, 4) is 5.75 Å². The minimum absolute atomic E-state index is 0.127. The number of thioether (sulfide) groups is 1. The summed E-state index contributed by atoms with van der Waals surface area (Å²) in [5.74, 6) is -0.327. The van der Waals surface area contributed by atoms with Gasteiger partial charge in [-0.3, -0.25) is 4.79 Å². The van der Waals surface area contributed by atoms with Gasteiger partial charge >= 0.3 is 5.51 Å². The van der Waals surface area contributed by atoms with E-state index in [1.54, 1.807) is 0 Å². The maximum atomic E-state index is 11.9. The average molecular weight is 222 g/mol. The van der Waals surface area contributed by atoms with Crippen molar-refractivity contribution >= 4 is 18.0 Å². The summed E-state index contributed by atoms with van der Waals surface area (Å²) in [5, 5.41) is 9.01. The predicted octanol–water partition coefficient (Wildman–Crippen LogP) is 2.82. The number of benzene rings is 1. The molecule has 2 nitrogen and oxygen atoms in total. The molecule has 0 aromatic heterocycles. The van der Waals surface area contributed by atoms with Crippen LogP contribution >= 0.6 is 11.8 Å². The zero-order chi connectivity index (χ0) is 10.8. The second-order valence-corrected chi connectivity index (χ2v) is 3.52. The number of aldehydes is 1. The Kier molecular flexibility index (Phi) is 3.05. The van der Waals surface area contributed by atoms with Gasteiger partial charge in [-0.2, -0.15) is 13.2 Å². The first-order valence-corrected chi connectivity index (χ1v) is 4.28. The third-order valence-electron chi connectivity index (χ3n) is 1.36. The summed E-state index contributed by atoms with van der Waals surface area (Å²) in [5.41, 5.74) is -4.55. The van der Waals surface area contributed by atoms with Gasteiger partial charge in [0.15, 0.2) is 6.29 Å². The van der Waals surface area contributed by atoms with Gasteiger partial charge in [0.05, 0.1) is 5.56 Å². The monoisotopic (exact) mass is 222 g/mol. The molecule has 0 saturated carbocycles. The first kappa shape index (κ1) is 10.9. The molecule has 14 heavy (non-hydrogen) atoms. The van der Waals surface area contributed by atoms with E-state index < -0.39 is 5.51 Å². The Morgan fingerprint density at radius 1 is 1.36 bits per heavy atom. The summed E-state index contributed by atoms with van der Waals surface area (Å²) in [6.45, 7) is 0. The molecular weight excluding hydrogens is 217 g/mol. The van der Waals surface area contributed by atoms with Gasteiger partial charge in [0.25, 0.3) is 0 Å².